The van der Waals surface area contributed by atoms with Crippen LogP contribution in [0.1, 0.15) is 20.8 Å². The zero-order valence-electron chi connectivity index (χ0n) is 10.4. The largest absolute Gasteiger partial charge is 0.478 e. The molecule has 0 spiro atoms. The smallest absolute Gasteiger partial charge is 0.335 e. The Balaban J connectivity index is 2.16. The van der Waals surface area contributed by atoms with Crippen LogP contribution in [-0.2, 0) is 0 Å². The minimum atomic E-state index is -1.02. The van der Waals surface area contributed by atoms with Crippen LogP contribution in [-0.4, -0.2) is 39.2 Å². The molecule has 0 aliphatic carbocycles. The van der Waals surface area contributed by atoms with E-state index in [4.69, 9.17) is 5.11 Å². The molecule has 2 rings (SSSR count). The molecular formula is C12H10N4O3S. The summed E-state index contributed by atoms with van der Waals surface area (Å²) >= 11 is 1.17. The van der Waals surface area contributed by atoms with E-state index in [9.17, 15) is 9.59 Å². The third-order valence-electron chi connectivity index (χ3n) is 2.29. The molecule has 0 saturated carbocycles. The van der Waals surface area contributed by atoms with Crippen LogP contribution >= 0.6 is 11.8 Å². The summed E-state index contributed by atoms with van der Waals surface area (Å²) in [6.07, 6.45) is 1.41. The van der Waals surface area contributed by atoms with Gasteiger partial charge in [-0.2, -0.15) is 0 Å². The molecule has 0 radical (unpaired) electrons. The lowest BCUT2D eigenvalue weighted by Gasteiger charge is -2.02. The van der Waals surface area contributed by atoms with Crippen LogP contribution < -0.4 is 5.32 Å². The van der Waals surface area contributed by atoms with Gasteiger partial charge in [0, 0.05) is 13.2 Å². The van der Waals surface area contributed by atoms with E-state index in [0.29, 0.717) is 10.1 Å². The lowest BCUT2D eigenvalue weighted by atomic mass is 10.3. The molecule has 0 fully saturated rings. The van der Waals surface area contributed by atoms with Crippen LogP contribution in [0.4, 0.5) is 0 Å². The molecule has 2 N–H and O–H groups in total. The van der Waals surface area contributed by atoms with E-state index in [2.05, 4.69) is 20.5 Å². The fourth-order valence-corrected chi connectivity index (χ4v) is 2.06. The summed E-state index contributed by atoms with van der Waals surface area (Å²) in [7, 11) is 1.51. The van der Waals surface area contributed by atoms with Gasteiger partial charge in [-0.15, -0.1) is 10.2 Å². The number of rotatable bonds is 4. The summed E-state index contributed by atoms with van der Waals surface area (Å²) in [6.45, 7) is 0. The van der Waals surface area contributed by atoms with Gasteiger partial charge in [0.1, 0.15) is 10.1 Å². The first-order valence-corrected chi connectivity index (χ1v) is 6.35. The molecule has 102 valence electrons. The Morgan fingerprint density at radius 1 is 1.20 bits per heavy atom. The summed E-state index contributed by atoms with van der Waals surface area (Å²) in [4.78, 5) is 26.2. The van der Waals surface area contributed by atoms with Crippen LogP contribution in [0.25, 0.3) is 0 Å². The van der Waals surface area contributed by atoms with E-state index in [1.807, 2.05) is 0 Å². The molecule has 1 amide bonds. The Hall–Kier alpha value is -2.48. The molecule has 7 nitrogen and oxygen atoms in total. The average Bonchev–Trinajstić information content (AvgIpc) is 2.47. The van der Waals surface area contributed by atoms with Crippen molar-refractivity contribution in [2.24, 2.45) is 0 Å². The second-order valence-corrected chi connectivity index (χ2v) is 4.67. The van der Waals surface area contributed by atoms with E-state index in [-0.39, 0.29) is 17.2 Å². The molecule has 0 atom stereocenters. The van der Waals surface area contributed by atoms with Crippen molar-refractivity contribution in [3.05, 3.63) is 41.7 Å². The maximum Gasteiger partial charge on any atom is 0.335 e. The highest BCUT2D eigenvalue weighted by molar-refractivity contribution is 7.99. The second kappa shape index (κ2) is 6.11. The predicted octanol–water partition coefficient (Wildman–Crippen LogP) is 1.08. The molecule has 0 aliphatic rings. The molecule has 2 aromatic rings. The third kappa shape index (κ3) is 3.29. The van der Waals surface area contributed by atoms with Gasteiger partial charge in [-0.3, -0.25) is 4.79 Å². The van der Waals surface area contributed by atoms with Crippen molar-refractivity contribution in [2.75, 3.05) is 7.05 Å². The van der Waals surface area contributed by atoms with Crippen molar-refractivity contribution in [2.45, 2.75) is 10.1 Å². The number of carboxylic acid groups (broad SMARTS) is 1. The molecule has 0 aliphatic heterocycles. The number of aromatic nitrogens is 3. The van der Waals surface area contributed by atoms with E-state index in [1.165, 1.54) is 43.2 Å². The number of carbonyl (C=O) groups is 2. The molecule has 20 heavy (non-hydrogen) atoms. The summed E-state index contributed by atoms with van der Waals surface area (Å²) < 4.78 is 0. The number of nitrogens with one attached hydrogen (secondary N) is 1. The van der Waals surface area contributed by atoms with Gasteiger partial charge < -0.3 is 10.4 Å². The molecular weight excluding hydrogens is 280 g/mol. The zero-order chi connectivity index (χ0) is 14.5. The van der Waals surface area contributed by atoms with Gasteiger partial charge in [0.15, 0.2) is 5.69 Å². The van der Waals surface area contributed by atoms with Crippen LogP contribution in [0.2, 0.25) is 0 Å². The summed E-state index contributed by atoms with van der Waals surface area (Å²) in [5, 5.41) is 20.0. The van der Waals surface area contributed by atoms with E-state index >= 15 is 0 Å². The number of nitrogens with zero attached hydrogens (tertiary/aromatic N) is 3. The van der Waals surface area contributed by atoms with Gasteiger partial charge in [0.2, 0.25) is 0 Å². The van der Waals surface area contributed by atoms with Gasteiger partial charge in [0.25, 0.3) is 5.91 Å². The van der Waals surface area contributed by atoms with Gasteiger partial charge in [0.05, 0.1) is 5.56 Å². The Morgan fingerprint density at radius 2 is 2.00 bits per heavy atom. The molecule has 2 aromatic heterocycles. The minimum Gasteiger partial charge on any atom is -0.478 e. The molecule has 0 unspecified atom stereocenters. The van der Waals surface area contributed by atoms with Gasteiger partial charge >= 0.3 is 5.97 Å². The first-order valence-electron chi connectivity index (χ1n) is 5.53. The highest BCUT2D eigenvalue weighted by Gasteiger charge is 2.09. The number of carboxylic acids is 1. The van der Waals surface area contributed by atoms with Crippen molar-refractivity contribution in [3.63, 3.8) is 0 Å². The third-order valence-corrected chi connectivity index (χ3v) is 3.15. The number of aromatic carboxylic acids is 1. The number of amides is 1. The number of pyridine rings is 1. The number of hydrogen-bond acceptors (Lipinski definition) is 6. The Kier molecular flexibility index (Phi) is 4.26. The van der Waals surface area contributed by atoms with E-state index in [0.717, 1.165) is 0 Å². The number of hydrogen-bond donors (Lipinski definition) is 2. The standard InChI is InChI=1S/C12H10N4O3S/c1-13-11(17)8-2-3-9(16-15-8)20-10-6-7(12(18)19)4-5-14-10/h2-6H,1H3,(H,13,17)(H,18,19). The normalized spacial score (nSPS) is 10.1. The zero-order valence-corrected chi connectivity index (χ0v) is 11.2. The molecule has 0 aromatic carbocycles. The SMILES string of the molecule is CNC(=O)c1ccc(Sc2cc(C(=O)O)ccn2)nn1. The molecule has 0 bridgehead atoms. The van der Waals surface area contributed by atoms with Crippen molar-refractivity contribution < 1.29 is 14.7 Å². The molecule has 0 saturated heterocycles. The highest BCUT2D eigenvalue weighted by Crippen LogP contribution is 2.24. The van der Waals surface area contributed by atoms with Gasteiger partial charge in [-0.05, 0) is 36.0 Å². The molecule has 2 heterocycles. The first-order chi connectivity index (χ1) is 9.60. The first kappa shape index (κ1) is 13.9. The monoisotopic (exact) mass is 290 g/mol. The Morgan fingerprint density at radius 3 is 2.60 bits per heavy atom. The Labute approximate surface area is 118 Å². The van der Waals surface area contributed by atoms with Crippen molar-refractivity contribution in [3.8, 4) is 0 Å². The summed E-state index contributed by atoms with van der Waals surface area (Å²) in [6, 6.07) is 6.01. The van der Waals surface area contributed by atoms with E-state index in [1.54, 1.807) is 6.07 Å². The van der Waals surface area contributed by atoms with Crippen molar-refractivity contribution >= 4 is 23.6 Å². The topological polar surface area (TPSA) is 105 Å². The predicted molar refractivity (Wildman–Crippen MR) is 70.7 cm³/mol. The van der Waals surface area contributed by atoms with Gasteiger partial charge in [-0.25, -0.2) is 9.78 Å². The summed E-state index contributed by atoms with van der Waals surface area (Å²) in [5.41, 5.74) is 0.363. The lowest BCUT2D eigenvalue weighted by molar-refractivity contribution is 0.0696. The van der Waals surface area contributed by atoms with Crippen LogP contribution in [0.3, 0.4) is 0 Å². The van der Waals surface area contributed by atoms with Gasteiger partial charge in [-0.1, -0.05) is 0 Å². The van der Waals surface area contributed by atoms with Crippen LogP contribution in [0.15, 0.2) is 40.5 Å². The fourth-order valence-electron chi connectivity index (χ4n) is 1.33. The number of carbonyl (C=O) groups excluding carboxylic acids is 1. The second-order valence-electron chi connectivity index (χ2n) is 3.63. The van der Waals surface area contributed by atoms with Crippen LogP contribution in [0.5, 0.6) is 0 Å². The Bertz CT molecular complexity index is 645. The average molecular weight is 290 g/mol. The maximum atomic E-state index is 11.3. The summed E-state index contributed by atoms with van der Waals surface area (Å²) in [5.74, 6) is -1.34. The minimum absolute atomic E-state index is 0.150. The highest BCUT2D eigenvalue weighted by atomic mass is 32.2. The maximum absolute atomic E-state index is 11.3. The lowest BCUT2D eigenvalue weighted by Crippen LogP contribution is -2.19. The quantitative estimate of drug-likeness (QED) is 0.868. The van der Waals surface area contributed by atoms with Crippen molar-refractivity contribution in [1.29, 1.82) is 0 Å². The fraction of sp³-hybridized carbons (Fsp3) is 0.0833. The van der Waals surface area contributed by atoms with Crippen molar-refractivity contribution in [1.82, 2.24) is 20.5 Å². The van der Waals surface area contributed by atoms with E-state index < -0.39 is 5.97 Å². The van der Waals surface area contributed by atoms with Crippen LogP contribution in [0, 0.1) is 0 Å². The molecule has 8 heteroatoms.